The first kappa shape index (κ1) is 18.4. The summed E-state index contributed by atoms with van der Waals surface area (Å²) >= 11 is 0. The molecule has 1 aromatic carbocycles. The van der Waals surface area contributed by atoms with Crippen molar-refractivity contribution >= 4 is 11.7 Å². The predicted molar refractivity (Wildman–Crippen MR) is 89.0 cm³/mol. The summed E-state index contributed by atoms with van der Waals surface area (Å²) < 4.78 is 26.8. The van der Waals surface area contributed by atoms with Crippen LogP contribution < -0.4 is 15.5 Å². The van der Waals surface area contributed by atoms with Crippen molar-refractivity contribution in [2.24, 2.45) is 5.92 Å². The van der Waals surface area contributed by atoms with Crippen molar-refractivity contribution in [3.63, 3.8) is 0 Å². The number of halogens is 2. The zero-order valence-corrected chi connectivity index (χ0v) is 14.1. The summed E-state index contributed by atoms with van der Waals surface area (Å²) in [5.41, 5.74) is 0.348. The van der Waals surface area contributed by atoms with E-state index in [1.807, 2.05) is 13.8 Å². The van der Waals surface area contributed by atoms with Gasteiger partial charge in [-0.2, -0.15) is 0 Å². The lowest BCUT2D eigenvalue weighted by Gasteiger charge is -2.20. The summed E-state index contributed by atoms with van der Waals surface area (Å²) in [6, 6.07) is 3.12. The Kier molecular flexibility index (Phi) is 6.36. The minimum Gasteiger partial charge on any atom is -0.393 e. The van der Waals surface area contributed by atoms with E-state index in [1.165, 1.54) is 12.1 Å². The van der Waals surface area contributed by atoms with Gasteiger partial charge in [-0.1, -0.05) is 13.8 Å². The van der Waals surface area contributed by atoms with E-state index in [9.17, 15) is 18.7 Å². The number of aliphatic hydroxyl groups is 1. The van der Waals surface area contributed by atoms with Gasteiger partial charge >= 0.3 is 6.03 Å². The van der Waals surface area contributed by atoms with Crippen LogP contribution in [0.15, 0.2) is 18.2 Å². The van der Waals surface area contributed by atoms with Gasteiger partial charge in [-0.25, -0.2) is 13.6 Å². The molecule has 3 N–H and O–H groups in total. The molecule has 1 aliphatic rings. The molecule has 1 heterocycles. The molecule has 24 heavy (non-hydrogen) atoms. The summed E-state index contributed by atoms with van der Waals surface area (Å²) in [5, 5.41) is 15.2. The number of aliphatic hydroxyl groups excluding tert-OH is 1. The molecular weight excluding hydrogens is 316 g/mol. The number of nitrogens with zero attached hydrogens (tertiary/aromatic N) is 1. The number of anilines is 1. The van der Waals surface area contributed by atoms with Crippen molar-refractivity contribution in [1.29, 1.82) is 0 Å². The van der Waals surface area contributed by atoms with E-state index >= 15 is 0 Å². The first-order valence-corrected chi connectivity index (χ1v) is 8.29. The Morgan fingerprint density at radius 2 is 2.17 bits per heavy atom. The molecule has 0 spiro atoms. The van der Waals surface area contributed by atoms with Gasteiger partial charge in [0.25, 0.3) is 0 Å². The van der Waals surface area contributed by atoms with E-state index in [0.29, 0.717) is 38.2 Å². The number of carbonyl (C=O) groups excluding carboxylic acids is 1. The summed E-state index contributed by atoms with van der Waals surface area (Å²) in [4.78, 5) is 13.7. The van der Waals surface area contributed by atoms with E-state index in [1.54, 1.807) is 4.90 Å². The van der Waals surface area contributed by atoms with E-state index in [4.69, 9.17) is 0 Å². The van der Waals surface area contributed by atoms with E-state index in [0.717, 1.165) is 6.07 Å². The number of amides is 2. The van der Waals surface area contributed by atoms with E-state index in [-0.39, 0.29) is 18.0 Å². The van der Waals surface area contributed by atoms with Crippen molar-refractivity contribution < 1.29 is 18.7 Å². The fraction of sp³-hybridized carbons (Fsp3) is 0.588. The zero-order chi connectivity index (χ0) is 17.7. The second-order valence-corrected chi connectivity index (χ2v) is 6.53. The lowest BCUT2D eigenvalue weighted by molar-refractivity contribution is 0.116. The normalized spacial score (nSPS) is 18.8. The van der Waals surface area contributed by atoms with Crippen molar-refractivity contribution in [3.8, 4) is 0 Å². The van der Waals surface area contributed by atoms with Gasteiger partial charge in [-0.05, 0) is 30.9 Å². The molecule has 1 aliphatic heterocycles. The Morgan fingerprint density at radius 1 is 1.42 bits per heavy atom. The van der Waals surface area contributed by atoms with E-state index < -0.39 is 17.7 Å². The Balaban J connectivity index is 1.76. The van der Waals surface area contributed by atoms with Crippen LogP contribution in [0.2, 0.25) is 0 Å². The van der Waals surface area contributed by atoms with Gasteiger partial charge in [-0.15, -0.1) is 0 Å². The standard InChI is InChI=1S/C17H25F2N3O2/c1-11(2)16(23)5-7-20-17(24)21-13-6-8-22(10-13)15-4-3-12(18)9-14(15)19/h3-4,9,11,13,16,23H,5-8,10H2,1-2H3,(H2,20,21,24). The predicted octanol–water partition coefficient (Wildman–Crippen LogP) is 2.25. The third-order valence-corrected chi connectivity index (χ3v) is 4.27. The molecule has 2 atom stereocenters. The van der Waals surface area contributed by atoms with Gasteiger partial charge in [0.1, 0.15) is 11.6 Å². The van der Waals surface area contributed by atoms with Crippen molar-refractivity contribution in [2.75, 3.05) is 24.5 Å². The summed E-state index contributed by atoms with van der Waals surface area (Å²) in [5.74, 6) is -1.04. The van der Waals surface area contributed by atoms with Crippen LogP contribution in [0.25, 0.3) is 0 Å². The first-order chi connectivity index (χ1) is 11.4. The average Bonchev–Trinajstić information content (AvgIpc) is 2.95. The maximum Gasteiger partial charge on any atom is 0.315 e. The van der Waals surface area contributed by atoms with Crippen LogP contribution in [0.3, 0.4) is 0 Å². The van der Waals surface area contributed by atoms with Gasteiger partial charge in [0, 0.05) is 31.7 Å². The van der Waals surface area contributed by atoms with Crippen LogP contribution in [0.1, 0.15) is 26.7 Å². The zero-order valence-electron chi connectivity index (χ0n) is 14.1. The third-order valence-electron chi connectivity index (χ3n) is 4.27. The molecule has 2 rings (SSSR count). The van der Waals surface area contributed by atoms with Gasteiger partial charge < -0.3 is 20.6 Å². The quantitative estimate of drug-likeness (QED) is 0.744. The number of carbonyl (C=O) groups is 1. The van der Waals surface area contributed by atoms with E-state index in [2.05, 4.69) is 10.6 Å². The maximum atomic E-state index is 13.8. The number of hydrogen-bond donors (Lipinski definition) is 3. The van der Waals surface area contributed by atoms with Crippen LogP contribution in [0.4, 0.5) is 19.3 Å². The minimum atomic E-state index is -0.604. The van der Waals surface area contributed by atoms with Crippen LogP contribution >= 0.6 is 0 Å². The number of nitrogens with one attached hydrogen (secondary N) is 2. The maximum absolute atomic E-state index is 13.8. The molecule has 2 amide bonds. The van der Waals surface area contributed by atoms with Crippen molar-refractivity contribution in [1.82, 2.24) is 10.6 Å². The smallest absolute Gasteiger partial charge is 0.315 e. The largest absolute Gasteiger partial charge is 0.393 e. The molecule has 7 heteroatoms. The lowest BCUT2D eigenvalue weighted by atomic mass is 10.0. The molecule has 1 aromatic rings. The van der Waals surface area contributed by atoms with Crippen molar-refractivity contribution in [2.45, 2.75) is 38.8 Å². The van der Waals surface area contributed by atoms with Crippen molar-refractivity contribution in [3.05, 3.63) is 29.8 Å². The number of rotatable bonds is 6. The molecule has 0 saturated carbocycles. The van der Waals surface area contributed by atoms with Gasteiger partial charge in [0.2, 0.25) is 0 Å². The third kappa shape index (κ3) is 5.06. The second kappa shape index (κ2) is 8.28. The number of hydrogen-bond acceptors (Lipinski definition) is 3. The summed E-state index contributed by atoms with van der Waals surface area (Å²) in [7, 11) is 0. The molecule has 1 saturated heterocycles. The SMILES string of the molecule is CC(C)C(O)CCNC(=O)NC1CCN(c2ccc(F)cc2F)C1. The highest BCUT2D eigenvalue weighted by atomic mass is 19.1. The Bertz CT molecular complexity index is 569. The average molecular weight is 341 g/mol. The highest BCUT2D eigenvalue weighted by molar-refractivity contribution is 5.74. The monoisotopic (exact) mass is 341 g/mol. The van der Waals surface area contributed by atoms with Crippen LogP contribution in [-0.2, 0) is 0 Å². The topological polar surface area (TPSA) is 64.6 Å². The van der Waals surface area contributed by atoms with Crippen LogP contribution in [0, 0.1) is 17.6 Å². The second-order valence-electron chi connectivity index (χ2n) is 6.53. The highest BCUT2D eigenvalue weighted by Gasteiger charge is 2.25. The molecule has 0 radical (unpaired) electrons. The van der Waals surface area contributed by atoms with Gasteiger partial charge in [0.05, 0.1) is 11.8 Å². The fourth-order valence-electron chi connectivity index (χ4n) is 2.74. The molecule has 0 bridgehead atoms. The fourth-order valence-corrected chi connectivity index (χ4v) is 2.74. The Labute approximate surface area is 141 Å². The molecule has 0 aromatic heterocycles. The lowest BCUT2D eigenvalue weighted by Crippen LogP contribution is -2.44. The highest BCUT2D eigenvalue weighted by Crippen LogP contribution is 2.24. The number of benzene rings is 1. The van der Waals surface area contributed by atoms with Crippen LogP contribution in [-0.4, -0.2) is 42.9 Å². The molecular formula is C17H25F2N3O2. The van der Waals surface area contributed by atoms with Crippen LogP contribution in [0.5, 0.6) is 0 Å². The Hall–Kier alpha value is -1.89. The van der Waals surface area contributed by atoms with Gasteiger partial charge in [0.15, 0.2) is 0 Å². The first-order valence-electron chi connectivity index (χ1n) is 8.29. The molecule has 1 fully saturated rings. The molecule has 0 aliphatic carbocycles. The summed E-state index contributed by atoms with van der Waals surface area (Å²) in [6.07, 6.45) is 0.760. The van der Waals surface area contributed by atoms with Gasteiger partial charge in [-0.3, -0.25) is 0 Å². The number of urea groups is 1. The molecule has 5 nitrogen and oxygen atoms in total. The molecule has 2 unspecified atom stereocenters. The minimum absolute atomic E-state index is 0.0931. The summed E-state index contributed by atoms with van der Waals surface area (Å²) in [6.45, 7) is 5.32. The molecule has 134 valence electrons. The Morgan fingerprint density at radius 3 is 2.83 bits per heavy atom.